The van der Waals surface area contributed by atoms with Crippen LogP contribution in [0.4, 0.5) is 0 Å². The Labute approximate surface area is 169 Å². The first-order valence-electron chi connectivity index (χ1n) is 9.31. The van der Waals surface area contributed by atoms with Crippen molar-refractivity contribution in [3.8, 4) is 11.6 Å². The Bertz CT molecular complexity index is 782. The highest BCUT2D eigenvalue weighted by Crippen LogP contribution is 2.24. The van der Waals surface area contributed by atoms with Crippen molar-refractivity contribution >= 4 is 17.7 Å². The highest BCUT2D eigenvalue weighted by atomic mass is 32.2. The molecule has 1 aliphatic heterocycles. The molecule has 1 saturated heterocycles. The highest BCUT2D eigenvalue weighted by molar-refractivity contribution is 7.99. The molecule has 28 heavy (non-hydrogen) atoms. The number of rotatable bonds is 9. The predicted octanol–water partition coefficient (Wildman–Crippen LogP) is 2.04. The van der Waals surface area contributed by atoms with Crippen LogP contribution in [0.25, 0.3) is 11.6 Å². The monoisotopic (exact) mass is 405 g/mol. The lowest BCUT2D eigenvalue weighted by Gasteiger charge is -2.40. The topological polar surface area (TPSA) is 85.4 Å². The smallest absolute Gasteiger partial charge is 0.230 e. The van der Waals surface area contributed by atoms with Crippen LogP contribution in [0.3, 0.4) is 0 Å². The number of nitrogens with zero attached hydrogens (tertiary/aromatic N) is 4. The first kappa shape index (κ1) is 20.6. The number of nitrogens with one attached hydrogen (secondary N) is 1. The van der Waals surface area contributed by atoms with Gasteiger partial charge in [-0.25, -0.2) is 0 Å². The SMILES string of the molecule is C=CCn1c(SCC(=O)NCC(C)(C)N2CCOCC2)nnc1-c1ccco1. The van der Waals surface area contributed by atoms with Crippen molar-refractivity contribution in [2.45, 2.75) is 31.1 Å². The van der Waals surface area contributed by atoms with E-state index in [2.05, 4.69) is 40.8 Å². The zero-order chi connectivity index (χ0) is 20.0. The number of aromatic nitrogens is 3. The van der Waals surface area contributed by atoms with Crippen LogP contribution >= 0.6 is 11.8 Å². The van der Waals surface area contributed by atoms with Gasteiger partial charge < -0.3 is 14.5 Å². The summed E-state index contributed by atoms with van der Waals surface area (Å²) >= 11 is 1.35. The summed E-state index contributed by atoms with van der Waals surface area (Å²) in [5.74, 6) is 1.50. The fraction of sp³-hybridized carbons (Fsp3) is 0.526. The fourth-order valence-electron chi connectivity index (χ4n) is 3.05. The molecule has 3 heterocycles. The number of morpholine rings is 1. The molecule has 1 aliphatic rings. The zero-order valence-corrected chi connectivity index (χ0v) is 17.2. The van der Waals surface area contributed by atoms with Crippen LogP contribution in [0, 0.1) is 0 Å². The number of hydrogen-bond donors (Lipinski definition) is 1. The predicted molar refractivity (Wildman–Crippen MR) is 108 cm³/mol. The number of carbonyl (C=O) groups is 1. The maximum Gasteiger partial charge on any atom is 0.230 e. The molecule has 3 rings (SSSR count). The fourth-order valence-corrected chi connectivity index (χ4v) is 3.83. The first-order valence-corrected chi connectivity index (χ1v) is 10.3. The van der Waals surface area contributed by atoms with E-state index < -0.39 is 0 Å². The third kappa shape index (κ3) is 5.03. The van der Waals surface area contributed by atoms with Crippen LogP contribution in [0.2, 0.25) is 0 Å². The quantitative estimate of drug-likeness (QED) is 0.505. The van der Waals surface area contributed by atoms with Crippen molar-refractivity contribution in [1.82, 2.24) is 25.0 Å². The Morgan fingerprint density at radius 2 is 2.18 bits per heavy atom. The van der Waals surface area contributed by atoms with Crippen molar-refractivity contribution in [1.29, 1.82) is 0 Å². The molecular weight excluding hydrogens is 378 g/mol. The molecule has 1 amide bonds. The van der Waals surface area contributed by atoms with Gasteiger partial charge in [0.25, 0.3) is 0 Å². The molecule has 2 aromatic heterocycles. The third-order valence-corrected chi connectivity index (χ3v) is 5.65. The molecule has 0 atom stereocenters. The second-order valence-electron chi connectivity index (χ2n) is 7.16. The minimum atomic E-state index is -0.112. The average Bonchev–Trinajstić information content (AvgIpc) is 3.36. The average molecular weight is 406 g/mol. The highest BCUT2D eigenvalue weighted by Gasteiger charge is 2.28. The van der Waals surface area contributed by atoms with Gasteiger partial charge in [-0.05, 0) is 26.0 Å². The summed E-state index contributed by atoms with van der Waals surface area (Å²) in [6.07, 6.45) is 3.36. The van der Waals surface area contributed by atoms with E-state index in [-0.39, 0.29) is 17.2 Å². The maximum atomic E-state index is 12.4. The summed E-state index contributed by atoms with van der Waals surface area (Å²) in [5.41, 5.74) is -0.112. The third-order valence-electron chi connectivity index (χ3n) is 4.69. The van der Waals surface area contributed by atoms with Gasteiger partial charge >= 0.3 is 0 Å². The number of thioether (sulfide) groups is 1. The van der Waals surface area contributed by atoms with Gasteiger partial charge in [0.2, 0.25) is 11.7 Å². The zero-order valence-electron chi connectivity index (χ0n) is 16.4. The molecular formula is C19H27N5O3S. The van der Waals surface area contributed by atoms with E-state index in [1.165, 1.54) is 11.8 Å². The largest absolute Gasteiger partial charge is 0.461 e. The first-order chi connectivity index (χ1) is 13.5. The molecule has 1 N–H and O–H groups in total. The van der Waals surface area contributed by atoms with Gasteiger partial charge in [0.1, 0.15) is 0 Å². The minimum absolute atomic E-state index is 0.0287. The maximum absolute atomic E-state index is 12.4. The van der Waals surface area contributed by atoms with E-state index in [0.717, 1.165) is 26.3 Å². The summed E-state index contributed by atoms with van der Waals surface area (Å²) in [6, 6.07) is 3.64. The van der Waals surface area contributed by atoms with Crippen LogP contribution in [0.5, 0.6) is 0 Å². The number of carbonyl (C=O) groups excluding carboxylic acids is 1. The second-order valence-corrected chi connectivity index (χ2v) is 8.10. The van der Waals surface area contributed by atoms with Gasteiger partial charge in [-0.2, -0.15) is 0 Å². The molecule has 0 aliphatic carbocycles. The molecule has 0 spiro atoms. The van der Waals surface area contributed by atoms with Crippen LogP contribution in [-0.4, -0.2) is 69.7 Å². The second kappa shape index (κ2) is 9.40. The number of allylic oxidation sites excluding steroid dienone is 1. The lowest BCUT2D eigenvalue weighted by Crippen LogP contribution is -2.55. The van der Waals surface area contributed by atoms with Crippen molar-refractivity contribution < 1.29 is 13.9 Å². The summed E-state index contributed by atoms with van der Waals surface area (Å²) in [6.45, 7) is 12.4. The molecule has 0 unspecified atom stereocenters. The molecule has 0 saturated carbocycles. The van der Waals surface area contributed by atoms with E-state index in [4.69, 9.17) is 9.15 Å². The van der Waals surface area contributed by atoms with Gasteiger partial charge in [-0.3, -0.25) is 14.3 Å². The molecule has 1 fully saturated rings. The molecule has 9 heteroatoms. The Balaban J connectivity index is 1.55. The van der Waals surface area contributed by atoms with Crippen molar-refractivity contribution in [2.75, 3.05) is 38.6 Å². The van der Waals surface area contributed by atoms with Crippen molar-refractivity contribution in [3.05, 3.63) is 31.1 Å². The van der Waals surface area contributed by atoms with Crippen LogP contribution < -0.4 is 5.32 Å². The molecule has 8 nitrogen and oxygen atoms in total. The van der Waals surface area contributed by atoms with Crippen LogP contribution in [0.1, 0.15) is 13.8 Å². The molecule has 2 aromatic rings. The van der Waals surface area contributed by atoms with Crippen molar-refractivity contribution in [2.24, 2.45) is 0 Å². The van der Waals surface area contributed by atoms with Gasteiger partial charge in [0, 0.05) is 31.7 Å². The normalized spacial score (nSPS) is 15.5. The lowest BCUT2D eigenvalue weighted by atomic mass is 10.0. The Kier molecular flexibility index (Phi) is 6.93. The van der Waals surface area contributed by atoms with Gasteiger partial charge in [-0.1, -0.05) is 17.8 Å². The van der Waals surface area contributed by atoms with Crippen LogP contribution in [0.15, 0.2) is 40.6 Å². The number of amides is 1. The van der Waals surface area contributed by atoms with E-state index in [0.29, 0.717) is 29.8 Å². The Hall–Kier alpha value is -2.10. The van der Waals surface area contributed by atoms with E-state index in [1.807, 2.05) is 10.6 Å². The molecule has 0 aromatic carbocycles. The van der Waals surface area contributed by atoms with Gasteiger partial charge in [-0.15, -0.1) is 16.8 Å². The number of ether oxygens (including phenoxy) is 1. The molecule has 0 bridgehead atoms. The van der Waals surface area contributed by atoms with E-state index >= 15 is 0 Å². The van der Waals surface area contributed by atoms with Gasteiger partial charge in [0.05, 0.1) is 25.2 Å². The Morgan fingerprint density at radius 3 is 2.86 bits per heavy atom. The summed E-state index contributed by atoms with van der Waals surface area (Å²) < 4.78 is 12.7. The van der Waals surface area contributed by atoms with Crippen molar-refractivity contribution in [3.63, 3.8) is 0 Å². The minimum Gasteiger partial charge on any atom is -0.461 e. The standard InChI is InChI=1S/C19H27N5O3S/c1-4-7-24-17(15-6-5-10-27-15)21-22-18(24)28-13-16(25)20-14-19(2,3)23-8-11-26-12-9-23/h4-6,10H,1,7-9,11-14H2,2-3H3,(H,20,25). The summed E-state index contributed by atoms with van der Waals surface area (Å²) in [7, 11) is 0. The molecule has 0 radical (unpaired) electrons. The van der Waals surface area contributed by atoms with E-state index in [1.54, 1.807) is 18.4 Å². The van der Waals surface area contributed by atoms with Crippen LogP contribution in [-0.2, 0) is 16.1 Å². The summed E-state index contributed by atoms with van der Waals surface area (Å²) in [4.78, 5) is 14.7. The van der Waals surface area contributed by atoms with E-state index in [9.17, 15) is 4.79 Å². The number of hydrogen-bond acceptors (Lipinski definition) is 7. The summed E-state index contributed by atoms with van der Waals surface area (Å²) in [5, 5.41) is 12.1. The van der Waals surface area contributed by atoms with Gasteiger partial charge in [0.15, 0.2) is 10.9 Å². The Morgan fingerprint density at radius 1 is 1.39 bits per heavy atom. The number of furan rings is 1. The lowest BCUT2D eigenvalue weighted by molar-refractivity contribution is -0.119. The molecule has 152 valence electrons.